The molecule has 0 amide bonds. The molecule has 2 atom stereocenters. The zero-order valence-electron chi connectivity index (χ0n) is 35.4. The van der Waals surface area contributed by atoms with Gasteiger partial charge in [0.25, 0.3) is 0 Å². The Morgan fingerprint density at radius 3 is 1.16 bits per heavy atom. The maximum absolute atomic E-state index is 6.04. The van der Waals surface area contributed by atoms with E-state index in [1.54, 1.807) is 0 Å². The van der Waals surface area contributed by atoms with Crippen molar-refractivity contribution < 1.29 is 14.2 Å². The molecule has 2 aliphatic rings. The van der Waals surface area contributed by atoms with E-state index in [0.717, 1.165) is 0 Å². The molecule has 2 aliphatic carbocycles. The Morgan fingerprint density at radius 2 is 0.821 bits per heavy atom. The predicted molar refractivity (Wildman–Crippen MR) is 247 cm³/mol. The number of hydrogen-bond acceptors (Lipinski definition) is 0. The van der Waals surface area contributed by atoms with E-state index in [4.69, 9.17) is 0 Å². The van der Waals surface area contributed by atoms with Crippen molar-refractivity contribution in [1.82, 2.24) is 0 Å². The molecule has 0 nitrogen and oxygen atoms in total. The molecule has 284 valence electrons. The molecule has 0 aromatic heterocycles. The van der Waals surface area contributed by atoms with E-state index < -0.39 is 14.2 Å². The SMILES string of the molecule is Cc1cc(C(C)(C)C)ccc1-c1cccc2c1C=C[CH]2[Hf]([CH3])([CH3])(=[SiH2])([c]1ccccc1)([c]1ccccc1)[CH]1C=Cc2c(-c3ccc(C(C)(C)C)cc3C)cccc21. The zero-order valence-corrected chi connectivity index (χ0v) is 40.4. The van der Waals surface area contributed by atoms with Crippen LogP contribution < -0.4 is 6.64 Å². The van der Waals surface area contributed by atoms with Gasteiger partial charge in [0.1, 0.15) is 0 Å². The van der Waals surface area contributed by atoms with E-state index in [2.05, 4.69) is 229 Å². The zero-order chi connectivity index (χ0) is 40.0. The molecule has 0 bridgehead atoms. The fraction of sp³-hybridized carbons (Fsp3) is 0.259. The van der Waals surface area contributed by atoms with E-state index in [1.165, 1.54) is 73.4 Å². The summed E-state index contributed by atoms with van der Waals surface area (Å²) in [6.45, 7) is 20.8. The predicted octanol–water partition coefficient (Wildman–Crippen LogP) is 13.1. The summed E-state index contributed by atoms with van der Waals surface area (Å²) in [6, 6.07) is 52.0. The molecule has 8 rings (SSSR count). The Morgan fingerprint density at radius 1 is 0.446 bits per heavy atom. The minimum atomic E-state index is -6.04. The van der Waals surface area contributed by atoms with Crippen molar-refractivity contribution in [3.8, 4) is 22.3 Å². The molecule has 0 spiro atoms. The molecular formula is C54H60HfSi. The van der Waals surface area contributed by atoms with Crippen LogP contribution in [0.2, 0.25) is 9.36 Å². The van der Waals surface area contributed by atoms with Crippen molar-refractivity contribution in [2.24, 2.45) is 0 Å². The summed E-state index contributed by atoms with van der Waals surface area (Å²) in [4.78, 5) is 0. The molecule has 0 aliphatic heterocycles. The molecule has 0 radical (unpaired) electrons. The van der Waals surface area contributed by atoms with Gasteiger partial charge in [0, 0.05) is 0 Å². The molecule has 0 saturated carbocycles. The number of rotatable bonds is 6. The van der Waals surface area contributed by atoms with Crippen LogP contribution in [0, 0.1) is 13.8 Å². The number of hydrogen-bond donors (Lipinski definition) is 0. The summed E-state index contributed by atoms with van der Waals surface area (Å²) in [7, 11) is 0. The average Bonchev–Trinajstić information content (AvgIpc) is 3.83. The number of fused-ring (bicyclic) bond motifs is 2. The van der Waals surface area contributed by atoms with Crippen molar-refractivity contribution in [2.45, 2.75) is 82.9 Å². The fourth-order valence-electron chi connectivity index (χ4n) is 11.6. The minimum absolute atomic E-state index is 0.101. The van der Waals surface area contributed by atoms with Gasteiger partial charge in [-0.05, 0) is 0 Å². The van der Waals surface area contributed by atoms with Crippen LogP contribution in [-0.2, 0) is 25.0 Å². The summed E-state index contributed by atoms with van der Waals surface area (Å²) < 4.78 is 8.94. The average molecular weight is 916 g/mol. The molecule has 2 heteroatoms. The third-order valence-electron chi connectivity index (χ3n) is 15.4. The van der Waals surface area contributed by atoms with Crippen molar-refractivity contribution in [3.63, 3.8) is 0 Å². The second-order valence-corrected chi connectivity index (χ2v) is 90.1. The van der Waals surface area contributed by atoms with E-state index in [1.807, 2.05) is 0 Å². The van der Waals surface area contributed by atoms with Crippen LogP contribution in [0.4, 0.5) is 0 Å². The molecule has 0 fully saturated rings. The Balaban J connectivity index is 1.44. The monoisotopic (exact) mass is 916 g/mol. The van der Waals surface area contributed by atoms with Gasteiger partial charge in [0.15, 0.2) is 0 Å². The first-order valence-electron chi connectivity index (χ1n) is 20.7. The first-order valence-corrected chi connectivity index (χ1v) is 44.0. The summed E-state index contributed by atoms with van der Waals surface area (Å²) in [6.07, 6.45) is 10.2. The quantitative estimate of drug-likeness (QED) is 0.146. The Kier molecular flexibility index (Phi) is 8.28. The van der Waals surface area contributed by atoms with Gasteiger partial charge in [-0.2, -0.15) is 0 Å². The van der Waals surface area contributed by atoms with Gasteiger partial charge in [-0.15, -0.1) is 0 Å². The molecule has 6 aromatic rings. The molecule has 56 heavy (non-hydrogen) atoms. The van der Waals surface area contributed by atoms with Crippen LogP contribution in [0.3, 0.4) is 0 Å². The fourth-order valence-corrected chi connectivity index (χ4v) is 58.8. The van der Waals surface area contributed by atoms with Gasteiger partial charge < -0.3 is 0 Å². The van der Waals surface area contributed by atoms with Gasteiger partial charge in [0.2, 0.25) is 0 Å². The molecule has 0 N–H and O–H groups in total. The van der Waals surface area contributed by atoms with Crippen LogP contribution in [-0.4, -0.2) is 6.94 Å². The second kappa shape index (κ2) is 12.0. The Labute approximate surface area is 332 Å². The van der Waals surface area contributed by atoms with Crippen LogP contribution in [0.5, 0.6) is 0 Å². The first kappa shape index (κ1) is 38.7. The van der Waals surface area contributed by atoms with E-state index in [0.29, 0.717) is 0 Å². The molecule has 0 heterocycles. The molecular weight excluding hydrogens is 855 g/mol. The van der Waals surface area contributed by atoms with Crippen LogP contribution >= 0.6 is 0 Å². The number of allylic oxidation sites excluding steroid dienone is 2. The van der Waals surface area contributed by atoms with Crippen molar-refractivity contribution in [3.05, 3.63) is 190 Å². The standard InChI is InChI=1S/2C20H21.2C6H5.2CH3.Hf.H2Si/c2*1-14-13-16(20(2,3)4)11-12-17(14)19-10-6-8-15-7-5-9-18(15)19;2*1-2-4-6-5-3-1;;;;/h2*5-13H,1-4H3;2*1-5H;2*1H3;;1H2. The van der Waals surface area contributed by atoms with Gasteiger partial charge in [0.05, 0.1) is 0 Å². The summed E-state index contributed by atoms with van der Waals surface area (Å²) >= 11 is -6.04. The first-order chi connectivity index (χ1) is 26.2. The topological polar surface area (TPSA) is 0 Å². The second-order valence-electron chi connectivity index (χ2n) is 21.6. The van der Waals surface area contributed by atoms with E-state index >= 15 is 0 Å². The van der Waals surface area contributed by atoms with Gasteiger partial charge in [-0.1, -0.05) is 0 Å². The third-order valence-corrected chi connectivity index (χ3v) is 72.5. The summed E-state index contributed by atoms with van der Waals surface area (Å²) in [5.41, 5.74) is 16.6. The Hall–Kier alpha value is -4.11. The van der Waals surface area contributed by atoms with E-state index in [-0.39, 0.29) is 18.2 Å². The van der Waals surface area contributed by atoms with Crippen LogP contribution in [0.15, 0.2) is 146 Å². The summed E-state index contributed by atoms with van der Waals surface area (Å²) in [5.74, 6) is 0. The summed E-state index contributed by atoms with van der Waals surface area (Å²) in [5, 5.41) is 0. The van der Waals surface area contributed by atoms with Crippen molar-refractivity contribution in [1.29, 1.82) is 0 Å². The number of benzene rings is 6. The maximum atomic E-state index is 2.81. The van der Waals surface area contributed by atoms with Crippen molar-refractivity contribution in [2.75, 3.05) is 0 Å². The number of aryl methyl sites for hydroxylation is 2. The van der Waals surface area contributed by atoms with E-state index in [9.17, 15) is 0 Å². The van der Waals surface area contributed by atoms with Crippen LogP contribution in [0.1, 0.15) is 93.4 Å². The van der Waals surface area contributed by atoms with Crippen LogP contribution in [0.25, 0.3) is 34.4 Å². The third kappa shape index (κ3) is 5.17. The van der Waals surface area contributed by atoms with Gasteiger partial charge in [-0.3, -0.25) is 0 Å². The van der Waals surface area contributed by atoms with Gasteiger partial charge >= 0.3 is 335 Å². The molecule has 0 saturated heterocycles. The van der Waals surface area contributed by atoms with Gasteiger partial charge in [-0.25, -0.2) is 0 Å². The van der Waals surface area contributed by atoms with Crippen molar-refractivity contribution >= 4 is 25.7 Å². The molecule has 6 aromatic carbocycles. The molecule has 2 unspecified atom stereocenters. The Bertz CT molecular complexity index is 2570. The normalized spacial score (nSPS) is 18.4.